The van der Waals surface area contributed by atoms with Crippen molar-refractivity contribution in [2.75, 3.05) is 5.32 Å². The number of halogens is 4. The van der Waals surface area contributed by atoms with E-state index in [-0.39, 0.29) is 4.47 Å². The molecule has 0 spiro atoms. The summed E-state index contributed by atoms with van der Waals surface area (Å²) in [7, 11) is 0. The number of hydrogen-bond acceptors (Lipinski definition) is 1. The number of hydrogen-bond donors (Lipinski definition) is 1. The molecule has 104 valence electrons. The number of alkyl halides is 1. The molecule has 2 rings (SSSR count). The predicted octanol–water partition coefficient (Wildman–Crippen LogP) is 4.87. The maximum atomic E-state index is 13.6. The molecule has 0 unspecified atom stereocenters. The van der Waals surface area contributed by atoms with Gasteiger partial charge in [0, 0.05) is 15.5 Å². The van der Waals surface area contributed by atoms with Gasteiger partial charge in [-0.1, -0.05) is 44.0 Å². The van der Waals surface area contributed by atoms with Crippen LogP contribution in [-0.4, -0.2) is 5.91 Å². The molecule has 0 aliphatic rings. The first-order chi connectivity index (χ1) is 9.51. The minimum atomic E-state index is -0.911. The van der Waals surface area contributed by atoms with Crippen molar-refractivity contribution in [3.63, 3.8) is 0 Å². The minimum absolute atomic E-state index is 0.241. The molecule has 0 aliphatic heterocycles. The lowest BCUT2D eigenvalue weighted by Gasteiger charge is -2.08. The Balaban J connectivity index is 2.23. The van der Waals surface area contributed by atoms with Crippen LogP contribution in [0.3, 0.4) is 0 Å². The average molecular weight is 405 g/mol. The number of nitrogens with one attached hydrogen (secondary N) is 1. The van der Waals surface area contributed by atoms with E-state index in [4.69, 9.17) is 0 Å². The monoisotopic (exact) mass is 403 g/mol. The highest BCUT2D eigenvalue weighted by molar-refractivity contribution is 9.10. The van der Waals surface area contributed by atoms with Crippen molar-refractivity contribution in [1.82, 2.24) is 0 Å². The summed E-state index contributed by atoms with van der Waals surface area (Å²) in [6, 6.07) is 9.04. The van der Waals surface area contributed by atoms with Crippen LogP contribution in [0.4, 0.5) is 14.5 Å². The van der Waals surface area contributed by atoms with Gasteiger partial charge in [-0.05, 0) is 29.8 Å². The fraction of sp³-hybridized carbons (Fsp3) is 0.0714. The van der Waals surface area contributed by atoms with Crippen molar-refractivity contribution in [3.05, 3.63) is 63.6 Å². The van der Waals surface area contributed by atoms with Crippen LogP contribution in [-0.2, 0) is 5.33 Å². The van der Waals surface area contributed by atoms with E-state index in [1.807, 2.05) is 0 Å². The first kappa shape index (κ1) is 15.1. The van der Waals surface area contributed by atoms with Gasteiger partial charge in [0.15, 0.2) is 0 Å². The van der Waals surface area contributed by atoms with Crippen LogP contribution in [0.25, 0.3) is 0 Å². The topological polar surface area (TPSA) is 29.1 Å². The molecule has 2 aromatic rings. The maximum absolute atomic E-state index is 13.6. The Hall–Kier alpha value is -1.27. The van der Waals surface area contributed by atoms with Crippen molar-refractivity contribution < 1.29 is 13.6 Å². The number of rotatable bonds is 3. The van der Waals surface area contributed by atoms with Crippen LogP contribution < -0.4 is 5.32 Å². The molecule has 0 heterocycles. The summed E-state index contributed by atoms with van der Waals surface area (Å²) in [5, 5.41) is 3.15. The lowest BCUT2D eigenvalue weighted by Crippen LogP contribution is -2.16. The van der Waals surface area contributed by atoms with E-state index in [0.717, 1.165) is 17.7 Å². The Morgan fingerprint density at radius 2 is 1.65 bits per heavy atom. The Kier molecular flexibility index (Phi) is 4.88. The van der Waals surface area contributed by atoms with E-state index in [0.29, 0.717) is 11.0 Å². The third-order valence-electron chi connectivity index (χ3n) is 2.60. The minimum Gasteiger partial charge on any atom is -0.322 e. The summed E-state index contributed by atoms with van der Waals surface area (Å²) >= 11 is 6.27. The molecule has 0 aromatic heterocycles. The molecule has 2 aromatic carbocycles. The van der Waals surface area contributed by atoms with Gasteiger partial charge in [-0.15, -0.1) is 0 Å². The second-order valence-electron chi connectivity index (χ2n) is 4.03. The highest BCUT2D eigenvalue weighted by Gasteiger charge is 2.18. The third-order valence-corrected chi connectivity index (χ3v) is 3.71. The Morgan fingerprint density at radius 1 is 1.10 bits per heavy atom. The van der Waals surface area contributed by atoms with Crippen LogP contribution in [0.15, 0.2) is 40.9 Å². The molecule has 2 nitrogen and oxygen atoms in total. The van der Waals surface area contributed by atoms with Gasteiger partial charge in [0.1, 0.15) is 17.2 Å². The molecular formula is C14H9Br2F2NO. The SMILES string of the molecule is O=C(Nc1ccc(CBr)cc1)c1c(F)cc(Br)cc1F. The molecule has 0 bridgehead atoms. The van der Waals surface area contributed by atoms with Gasteiger partial charge >= 0.3 is 0 Å². The molecule has 1 amide bonds. The zero-order valence-corrected chi connectivity index (χ0v) is 13.3. The summed E-state index contributed by atoms with van der Waals surface area (Å²) in [6.07, 6.45) is 0. The van der Waals surface area contributed by atoms with Crippen LogP contribution in [0.1, 0.15) is 15.9 Å². The lowest BCUT2D eigenvalue weighted by atomic mass is 10.1. The smallest absolute Gasteiger partial charge is 0.261 e. The first-order valence-corrected chi connectivity index (χ1v) is 7.53. The second kappa shape index (κ2) is 6.45. The lowest BCUT2D eigenvalue weighted by molar-refractivity contribution is 0.101. The highest BCUT2D eigenvalue weighted by atomic mass is 79.9. The summed E-state index contributed by atoms with van der Waals surface area (Å²) in [5.74, 6) is -2.64. The van der Waals surface area contributed by atoms with Crippen LogP contribution >= 0.6 is 31.9 Å². The molecule has 0 fully saturated rings. The molecule has 0 saturated carbocycles. The molecule has 0 radical (unpaired) electrons. The normalized spacial score (nSPS) is 10.4. The van der Waals surface area contributed by atoms with E-state index in [1.165, 1.54) is 0 Å². The average Bonchev–Trinajstić information content (AvgIpc) is 2.38. The van der Waals surface area contributed by atoms with Crippen LogP contribution in [0.5, 0.6) is 0 Å². The van der Waals surface area contributed by atoms with Crippen LogP contribution in [0, 0.1) is 11.6 Å². The van der Waals surface area contributed by atoms with Gasteiger partial charge in [-0.2, -0.15) is 0 Å². The quantitative estimate of drug-likeness (QED) is 0.726. The number of carbonyl (C=O) groups is 1. The maximum Gasteiger partial charge on any atom is 0.261 e. The summed E-state index contributed by atoms with van der Waals surface area (Å²) in [5.41, 5.74) is 0.906. The fourth-order valence-corrected chi connectivity index (χ4v) is 2.41. The van der Waals surface area contributed by atoms with E-state index in [2.05, 4.69) is 37.2 Å². The van der Waals surface area contributed by atoms with E-state index in [1.54, 1.807) is 24.3 Å². The number of anilines is 1. The van der Waals surface area contributed by atoms with Crippen molar-refractivity contribution in [3.8, 4) is 0 Å². The van der Waals surface area contributed by atoms with Crippen molar-refractivity contribution >= 4 is 43.5 Å². The number of amides is 1. The zero-order chi connectivity index (χ0) is 14.7. The second-order valence-corrected chi connectivity index (χ2v) is 5.51. The Morgan fingerprint density at radius 3 is 2.15 bits per heavy atom. The first-order valence-electron chi connectivity index (χ1n) is 5.62. The summed E-state index contributed by atoms with van der Waals surface area (Å²) in [6.45, 7) is 0. The Labute approximate surface area is 131 Å². The molecule has 6 heteroatoms. The fourth-order valence-electron chi connectivity index (χ4n) is 1.63. The number of benzene rings is 2. The molecular weight excluding hydrogens is 396 g/mol. The standard InChI is InChI=1S/C14H9Br2F2NO/c15-7-8-1-3-10(4-2-8)19-14(20)13-11(17)5-9(16)6-12(13)18/h1-6H,7H2,(H,19,20). The van der Waals surface area contributed by atoms with E-state index < -0.39 is 23.1 Å². The molecule has 0 aliphatic carbocycles. The van der Waals surface area contributed by atoms with Gasteiger partial charge in [0.25, 0.3) is 5.91 Å². The van der Waals surface area contributed by atoms with Gasteiger partial charge in [0.05, 0.1) is 0 Å². The largest absolute Gasteiger partial charge is 0.322 e. The van der Waals surface area contributed by atoms with Crippen LogP contribution in [0.2, 0.25) is 0 Å². The zero-order valence-electron chi connectivity index (χ0n) is 10.1. The van der Waals surface area contributed by atoms with Gasteiger partial charge in [0.2, 0.25) is 0 Å². The molecule has 0 atom stereocenters. The summed E-state index contributed by atoms with van der Waals surface area (Å²) in [4.78, 5) is 11.9. The molecule has 1 N–H and O–H groups in total. The molecule has 20 heavy (non-hydrogen) atoms. The van der Waals surface area contributed by atoms with Gasteiger partial charge in [-0.25, -0.2) is 8.78 Å². The van der Waals surface area contributed by atoms with E-state index in [9.17, 15) is 13.6 Å². The molecule has 0 saturated heterocycles. The Bertz CT molecular complexity index is 621. The van der Waals surface area contributed by atoms with Crippen molar-refractivity contribution in [2.24, 2.45) is 0 Å². The highest BCUT2D eigenvalue weighted by Crippen LogP contribution is 2.21. The van der Waals surface area contributed by atoms with Gasteiger partial charge < -0.3 is 5.32 Å². The predicted molar refractivity (Wildman–Crippen MR) is 81.1 cm³/mol. The number of carbonyl (C=O) groups excluding carboxylic acids is 1. The van der Waals surface area contributed by atoms with E-state index >= 15 is 0 Å². The van der Waals surface area contributed by atoms with Crippen molar-refractivity contribution in [2.45, 2.75) is 5.33 Å². The third kappa shape index (κ3) is 3.43. The van der Waals surface area contributed by atoms with Gasteiger partial charge in [-0.3, -0.25) is 4.79 Å². The summed E-state index contributed by atoms with van der Waals surface area (Å²) < 4.78 is 27.5. The van der Waals surface area contributed by atoms with Crippen molar-refractivity contribution in [1.29, 1.82) is 0 Å².